The molecule has 7 rings (SSSR count). The number of nitrogens with one attached hydrogen (secondary N) is 3. The number of hydrogen-bond acceptors (Lipinski definition) is 10. The summed E-state index contributed by atoms with van der Waals surface area (Å²) in [6.07, 6.45) is 1.36. The minimum absolute atomic E-state index is 0.190. The Labute approximate surface area is 336 Å². The van der Waals surface area contributed by atoms with Crippen molar-refractivity contribution in [3.8, 4) is 0 Å². The zero-order valence-corrected chi connectivity index (χ0v) is 33.5. The van der Waals surface area contributed by atoms with Gasteiger partial charge in [-0.15, -0.1) is 0 Å². The minimum Gasteiger partial charge on any atom is -0.399 e. The van der Waals surface area contributed by atoms with Gasteiger partial charge in [-0.2, -0.15) is 10.2 Å². The van der Waals surface area contributed by atoms with Gasteiger partial charge in [-0.25, -0.2) is 9.97 Å². The lowest BCUT2D eigenvalue weighted by molar-refractivity contribution is 0.0383. The highest BCUT2D eigenvalue weighted by Crippen LogP contribution is 2.26. The number of ether oxygens (including phenoxy) is 1. The Morgan fingerprint density at radius 1 is 0.724 bits per heavy atom. The Balaban J connectivity index is 1.12. The smallest absolute Gasteiger partial charge is 0.276 e. The molecule has 1 saturated heterocycles. The molecule has 5 heterocycles. The van der Waals surface area contributed by atoms with Crippen LogP contribution in [0.15, 0.2) is 55.1 Å². The van der Waals surface area contributed by atoms with E-state index in [-0.39, 0.29) is 17.7 Å². The summed E-state index contributed by atoms with van der Waals surface area (Å²) in [6, 6.07) is 14.6. The number of nitrogens with two attached hydrogens (primary N) is 1. The Hall–Kier alpha value is -6.33. The van der Waals surface area contributed by atoms with Gasteiger partial charge in [0, 0.05) is 63.6 Å². The van der Waals surface area contributed by atoms with Crippen LogP contribution >= 0.6 is 0 Å². The Morgan fingerprint density at radius 2 is 1.22 bits per heavy atom. The van der Waals surface area contributed by atoms with Crippen LogP contribution in [0.25, 0.3) is 27.8 Å². The molecule has 0 unspecified atom stereocenters. The molecule has 17 nitrogen and oxygen atoms in total. The van der Waals surface area contributed by atoms with Gasteiger partial charge in [-0.1, -0.05) is 12.6 Å². The topological polar surface area (TPSA) is 197 Å². The summed E-state index contributed by atoms with van der Waals surface area (Å²) in [5.74, 6) is -0.0575. The molecule has 304 valence electrons. The van der Waals surface area contributed by atoms with Crippen molar-refractivity contribution in [1.82, 2.24) is 48.9 Å². The Kier molecular flexibility index (Phi) is 12.0. The molecule has 6 aromatic rings. The minimum atomic E-state index is -0.329. The molecule has 1 aliphatic rings. The monoisotopic (exact) mass is 789 g/mol. The molecule has 58 heavy (non-hydrogen) atoms. The van der Waals surface area contributed by atoms with Gasteiger partial charge in [0.25, 0.3) is 17.7 Å². The van der Waals surface area contributed by atoms with Crippen LogP contribution in [0, 0.1) is 13.8 Å². The van der Waals surface area contributed by atoms with Gasteiger partial charge in [0.15, 0.2) is 0 Å². The molecule has 0 spiro atoms. The maximum absolute atomic E-state index is 13.6. The van der Waals surface area contributed by atoms with Crippen molar-refractivity contribution in [2.24, 2.45) is 5.73 Å². The number of nitrogens with zero attached hydrogens (tertiary/aromatic N) is 9. The summed E-state index contributed by atoms with van der Waals surface area (Å²) >= 11 is 0. The fourth-order valence-corrected chi connectivity index (χ4v) is 7.31. The SMILES string of the molecule is C=C(N)c1ccc2c(c1)nc(NC(=O)c1cc(C)nn1CC)n2CCCCn1c(NC(=O)c2cc(C)nn2CC)nc2cc(C(=O)NCCN3CCOCC3)ccc21. The lowest BCUT2D eigenvalue weighted by Gasteiger charge is -2.26. The van der Waals surface area contributed by atoms with Gasteiger partial charge in [-0.05, 0) is 88.6 Å². The normalized spacial score (nSPS) is 13.3. The lowest BCUT2D eigenvalue weighted by atomic mass is 10.1. The third-order valence-electron chi connectivity index (χ3n) is 10.3. The first kappa shape index (κ1) is 39.9. The molecule has 5 N–H and O–H groups in total. The number of anilines is 2. The number of imidazole rings is 2. The second kappa shape index (κ2) is 17.4. The molecule has 4 aromatic heterocycles. The van der Waals surface area contributed by atoms with Gasteiger partial charge < -0.3 is 24.9 Å². The molecule has 0 aliphatic carbocycles. The van der Waals surface area contributed by atoms with E-state index in [1.54, 1.807) is 33.6 Å². The van der Waals surface area contributed by atoms with Gasteiger partial charge in [0.2, 0.25) is 11.9 Å². The summed E-state index contributed by atoms with van der Waals surface area (Å²) in [5, 5.41) is 17.9. The summed E-state index contributed by atoms with van der Waals surface area (Å²) in [5.41, 5.74) is 12.9. The fraction of sp³-hybridized carbons (Fsp3) is 0.390. The van der Waals surface area contributed by atoms with Crippen LogP contribution in [-0.4, -0.2) is 101 Å². The van der Waals surface area contributed by atoms with Crippen molar-refractivity contribution >= 4 is 57.4 Å². The number of carbonyl (C=O) groups is 3. The second-order valence-electron chi connectivity index (χ2n) is 14.4. The predicted molar refractivity (Wildman–Crippen MR) is 223 cm³/mol. The van der Waals surface area contributed by atoms with Gasteiger partial charge in [0.1, 0.15) is 11.4 Å². The van der Waals surface area contributed by atoms with Gasteiger partial charge in [0.05, 0.1) is 46.7 Å². The van der Waals surface area contributed by atoms with Crippen LogP contribution < -0.4 is 21.7 Å². The zero-order chi connectivity index (χ0) is 40.9. The van der Waals surface area contributed by atoms with Crippen molar-refractivity contribution in [1.29, 1.82) is 0 Å². The molecule has 1 aliphatic heterocycles. The van der Waals surface area contributed by atoms with E-state index >= 15 is 0 Å². The molecule has 2 aromatic carbocycles. The number of benzene rings is 2. The first-order valence-electron chi connectivity index (χ1n) is 19.8. The number of rotatable bonds is 16. The second-order valence-corrected chi connectivity index (χ2v) is 14.4. The van der Waals surface area contributed by atoms with E-state index in [1.165, 1.54) is 0 Å². The first-order chi connectivity index (χ1) is 28.0. The van der Waals surface area contributed by atoms with E-state index in [2.05, 4.69) is 37.6 Å². The summed E-state index contributed by atoms with van der Waals surface area (Å²) in [6.45, 7) is 17.9. The van der Waals surface area contributed by atoms with Crippen molar-refractivity contribution < 1.29 is 19.1 Å². The van der Waals surface area contributed by atoms with Crippen LogP contribution in [0.1, 0.15) is 75.0 Å². The Morgan fingerprint density at radius 3 is 1.72 bits per heavy atom. The number of amides is 3. The number of aromatic nitrogens is 8. The van der Waals surface area contributed by atoms with Crippen LogP contribution in [0.5, 0.6) is 0 Å². The Bertz CT molecular complexity index is 2480. The third-order valence-corrected chi connectivity index (χ3v) is 10.3. The first-order valence-corrected chi connectivity index (χ1v) is 19.8. The number of unbranched alkanes of at least 4 members (excludes halogenated alkanes) is 1. The quantitative estimate of drug-likeness (QED) is 0.102. The predicted octanol–water partition coefficient (Wildman–Crippen LogP) is 4.41. The van der Waals surface area contributed by atoms with Crippen LogP contribution in [0.2, 0.25) is 0 Å². The maximum Gasteiger partial charge on any atom is 0.276 e. The van der Waals surface area contributed by atoms with E-state index in [4.69, 9.17) is 20.4 Å². The van der Waals surface area contributed by atoms with Crippen molar-refractivity contribution in [2.75, 3.05) is 50.0 Å². The molecule has 1 fully saturated rings. The molecule has 3 amide bonds. The maximum atomic E-state index is 13.6. The molecule has 0 bridgehead atoms. The number of hydrogen-bond donors (Lipinski definition) is 4. The summed E-state index contributed by atoms with van der Waals surface area (Å²) in [7, 11) is 0. The number of morpholine rings is 1. The molecule has 0 radical (unpaired) electrons. The lowest BCUT2D eigenvalue weighted by Crippen LogP contribution is -2.41. The molecule has 17 heteroatoms. The fourth-order valence-electron chi connectivity index (χ4n) is 7.31. The van der Waals surface area contributed by atoms with E-state index in [1.807, 2.05) is 61.1 Å². The number of aryl methyl sites for hydroxylation is 6. The third kappa shape index (κ3) is 8.64. The number of carbonyl (C=O) groups excluding carboxylic acids is 3. The van der Waals surface area contributed by atoms with Gasteiger partial charge in [-0.3, -0.25) is 39.3 Å². The standard InChI is InChI=1S/C41H51N13O4/c1-6-53-35(22-26(3)48-53)38(56)46-40-44-31-24-29(28(5)42)10-12-33(31)51(40)15-8-9-16-52-34-13-11-30(37(55)43-14-17-50-18-20-58-21-19-50)25-32(34)45-41(52)47-39(57)36-23-27(4)49-54(36)7-2/h10-13,22-25H,5-9,14-21,42H2,1-4H3,(H,43,55)(H,44,46,56)(H,45,47,57). The zero-order valence-electron chi connectivity index (χ0n) is 33.5. The van der Waals surface area contributed by atoms with Crippen molar-refractivity contribution in [3.05, 3.63) is 89.0 Å². The average Bonchev–Trinajstić information content (AvgIpc) is 3.98. The van der Waals surface area contributed by atoms with E-state index < -0.39 is 0 Å². The highest BCUT2D eigenvalue weighted by atomic mass is 16.5. The summed E-state index contributed by atoms with van der Waals surface area (Å²) in [4.78, 5) is 52.3. The largest absolute Gasteiger partial charge is 0.399 e. The van der Waals surface area contributed by atoms with Crippen molar-refractivity contribution in [2.45, 2.75) is 66.7 Å². The number of fused-ring (bicyclic) bond motifs is 2. The van der Waals surface area contributed by atoms with Gasteiger partial charge >= 0.3 is 0 Å². The average molecular weight is 790 g/mol. The molecular formula is C41H51N13O4. The van der Waals surface area contributed by atoms with Crippen LogP contribution in [0.4, 0.5) is 11.9 Å². The van der Waals surface area contributed by atoms with E-state index in [9.17, 15) is 14.4 Å². The molecular weight excluding hydrogens is 739 g/mol. The van der Waals surface area contributed by atoms with E-state index in [0.717, 1.165) is 47.6 Å². The summed E-state index contributed by atoms with van der Waals surface area (Å²) < 4.78 is 12.7. The van der Waals surface area contributed by atoms with Crippen molar-refractivity contribution in [3.63, 3.8) is 0 Å². The van der Waals surface area contributed by atoms with Crippen LogP contribution in [0.3, 0.4) is 0 Å². The van der Waals surface area contributed by atoms with Crippen LogP contribution in [-0.2, 0) is 30.9 Å². The highest BCUT2D eigenvalue weighted by molar-refractivity contribution is 6.04. The van der Waals surface area contributed by atoms with E-state index in [0.29, 0.717) is 104 Å². The molecule has 0 atom stereocenters. The highest BCUT2D eigenvalue weighted by Gasteiger charge is 2.21. The molecule has 0 saturated carbocycles.